The highest BCUT2D eigenvalue weighted by Crippen LogP contribution is 2.22. The Kier molecular flexibility index (Phi) is 6.28. The van der Waals surface area contributed by atoms with Crippen LogP contribution in [0.1, 0.15) is 17.0 Å². The van der Waals surface area contributed by atoms with Gasteiger partial charge in [0.15, 0.2) is 0 Å². The number of carbonyl (C=O) groups excluding carboxylic acids is 2. The molecular formula is C23H25N3O3S. The minimum absolute atomic E-state index is 0.0878. The molecule has 0 aliphatic carbocycles. The maximum Gasteiger partial charge on any atom is 0.227 e. The number of aromatic nitrogens is 1. The Hall–Kier alpha value is -2.93. The standard InChI is InChI=1S/C23H25N3O3S/c1-29-18-6-4-5-17(15-18)16-23(28)26-13-11-25(12-14-26)22(27)10-9-21-24-19-7-2-3-8-20(19)30-21/h2-8,15H,9-14,16H2,1H3. The number of ether oxygens (including phenoxy) is 1. The van der Waals surface area contributed by atoms with Crippen molar-refractivity contribution in [2.24, 2.45) is 0 Å². The van der Waals surface area contributed by atoms with Crippen molar-refractivity contribution in [2.45, 2.75) is 19.3 Å². The molecule has 30 heavy (non-hydrogen) atoms. The summed E-state index contributed by atoms with van der Waals surface area (Å²) >= 11 is 1.65. The first-order valence-corrected chi connectivity index (χ1v) is 11.0. The van der Waals surface area contributed by atoms with Gasteiger partial charge in [0.05, 0.1) is 28.8 Å². The first-order valence-electron chi connectivity index (χ1n) is 10.2. The lowest BCUT2D eigenvalue weighted by molar-refractivity contribution is -0.139. The zero-order valence-electron chi connectivity index (χ0n) is 17.0. The molecule has 3 aromatic rings. The summed E-state index contributed by atoms with van der Waals surface area (Å²) < 4.78 is 6.38. The van der Waals surface area contributed by atoms with Gasteiger partial charge in [-0.1, -0.05) is 24.3 Å². The van der Waals surface area contributed by atoms with E-state index in [0.29, 0.717) is 45.4 Å². The van der Waals surface area contributed by atoms with Crippen molar-refractivity contribution >= 4 is 33.4 Å². The average molecular weight is 424 g/mol. The van der Waals surface area contributed by atoms with Crippen LogP contribution in [0.2, 0.25) is 0 Å². The van der Waals surface area contributed by atoms with E-state index >= 15 is 0 Å². The average Bonchev–Trinajstić information content (AvgIpc) is 3.20. The van der Waals surface area contributed by atoms with E-state index in [2.05, 4.69) is 11.1 Å². The lowest BCUT2D eigenvalue weighted by Crippen LogP contribution is -2.51. The summed E-state index contributed by atoms with van der Waals surface area (Å²) in [7, 11) is 1.62. The van der Waals surface area contributed by atoms with Crippen LogP contribution >= 0.6 is 11.3 Å². The van der Waals surface area contributed by atoms with Gasteiger partial charge in [0.2, 0.25) is 11.8 Å². The number of amides is 2. The van der Waals surface area contributed by atoms with Gasteiger partial charge < -0.3 is 14.5 Å². The molecule has 1 aliphatic rings. The second-order valence-electron chi connectivity index (χ2n) is 7.37. The molecule has 0 atom stereocenters. The smallest absolute Gasteiger partial charge is 0.227 e. The fourth-order valence-corrected chi connectivity index (χ4v) is 4.64. The summed E-state index contributed by atoms with van der Waals surface area (Å²) in [5, 5.41) is 0.997. The van der Waals surface area contributed by atoms with E-state index in [9.17, 15) is 9.59 Å². The quantitative estimate of drug-likeness (QED) is 0.611. The predicted molar refractivity (Wildman–Crippen MR) is 118 cm³/mol. The zero-order valence-corrected chi connectivity index (χ0v) is 17.9. The number of carbonyl (C=O) groups is 2. The molecule has 1 fully saturated rings. The maximum absolute atomic E-state index is 12.6. The van der Waals surface area contributed by atoms with Crippen molar-refractivity contribution in [3.05, 3.63) is 59.1 Å². The van der Waals surface area contributed by atoms with Gasteiger partial charge in [-0.2, -0.15) is 0 Å². The SMILES string of the molecule is COc1cccc(CC(=O)N2CCN(C(=O)CCc3nc4ccccc4s3)CC2)c1. The second kappa shape index (κ2) is 9.26. The van der Waals surface area contributed by atoms with Gasteiger partial charge in [0, 0.05) is 39.0 Å². The van der Waals surface area contributed by atoms with E-state index in [-0.39, 0.29) is 11.8 Å². The van der Waals surface area contributed by atoms with Crippen LogP contribution in [0.25, 0.3) is 10.2 Å². The fraction of sp³-hybridized carbons (Fsp3) is 0.348. The van der Waals surface area contributed by atoms with Crippen LogP contribution in [0.15, 0.2) is 48.5 Å². The minimum atomic E-state index is 0.0878. The fourth-order valence-electron chi connectivity index (χ4n) is 3.67. The zero-order chi connectivity index (χ0) is 20.9. The first-order chi connectivity index (χ1) is 14.6. The monoisotopic (exact) mass is 423 g/mol. The molecule has 4 rings (SSSR count). The van der Waals surface area contributed by atoms with Crippen molar-refractivity contribution in [1.82, 2.24) is 14.8 Å². The predicted octanol–water partition coefficient (Wildman–Crippen LogP) is 3.15. The van der Waals surface area contributed by atoms with E-state index in [1.54, 1.807) is 18.4 Å². The maximum atomic E-state index is 12.6. The number of nitrogens with zero attached hydrogens (tertiary/aromatic N) is 3. The van der Waals surface area contributed by atoms with E-state index in [1.807, 2.05) is 52.3 Å². The Morgan fingerprint density at radius 3 is 2.47 bits per heavy atom. The topological polar surface area (TPSA) is 62.7 Å². The highest BCUT2D eigenvalue weighted by atomic mass is 32.1. The van der Waals surface area contributed by atoms with Crippen LogP contribution in [0.4, 0.5) is 0 Å². The van der Waals surface area contributed by atoms with Crippen molar-refractivity contribution < 1.29 is 14.3 Å². The molecule has 0 bridgehead atoms. The summed E-state index contributed by atoms with van der Waals surface area (Å²) in [5.74, 6) is 0.975. The molecule has 0 N–H and O–H groups in total. The van der Waals surface area contributed by atoms with Gasteiger partial charge in [0.25, 0.3) is 0 Å². The molecule has 0 radical (unpaired) electrons. The summed E-state index contributed by atoms with van der Waals surface area (Å²) in [6.45, 7) is 2.33. The van der Waals surface area contributed by atoms with Crippen molar-refractivity contribution in [3.63, 3.8) is 0 Å². The van der Waals surface area contributed by atoms with Gasteiger partial charge in [-0.15, -0.1) is 11.3 Å². The van der Waals surface area contributed by atoms with E-state index < -0.39 is 0 Å². The van der Waals surface area contributed by atoms with Crippen molar-refractivity contribution in [1.29, 1.82) is 0 Å². The molecule has 2 heterocycles. The van der Waals surface area contributed by atoms with Crippen molar-refractivity contribution in [3.8, 4) is 5.75 Å². The van der Waals surface area contributed by atoms with E-state index in [1.165, 1.54) is 0 Å². The van der Waals surface area contributed by atoms with Crippen LogP contribution in [-0.2, 0) is 22.4 Å². The van der Waals surface area contributed by atoms with Crippen LogP contribution in [0.5, 0.6) is 5.75 Å². The van der Waals surface area contributed by atoms with Gasteiger partial charge in [-0.05, 0) is 29.8 Å². The Morgan fingerprint density at radius 1 is 1.00 bits per heavy atom. The molecule has 156 valence electrons. The normalized spacial score (nSPS) is 14.2. The molecular weight excluding hydrogens is 398 g/mol. The second-order valence-corrected chi connectivity index (χ2v) is 8.48. The molecule has 7 heteroatoms. The number of thiazole rings is 1. The number of para-hydroxylation sites is 1. The summed E-state index contributed by atoms with van der Waals surface area (Å²) in [6.07, 6.45) is 1.47. The number of aryl methyl sites for hydroxylation is 1. The summed E-state index contributed by atoms with van der Waals surface area (Å²) in [6, 6.07) is 15.6. The number of hydrogen-bond donors (Lipinski definition) is 0. The highest BCUT2D eigenvalue weighted by Gasteiger charge is 2.24. The third kappa shape index (κ3) is 4.79. The Balaban J connectivity index is 1.25. The van der Waals surface area contributed by atoms with Gasteiger partial charge >= 0.3 is 0 Å². The van der Waals surface area contributed by atoms with Crippen LogP contribution in [0, 0.1) is 0 Å². The molecule has 2 aromatic carbocycles. The molecule has 1 saturated heterocycles. The minimum Gasteiger partial charge on any atom is -0.497 e. The van der Waals surface area contributed by atoms with Crippen LogP contribution in [0.3, 0.4) is 0 Å². The molecule has 0 saturated carbocycles. The molecule has 1 aliphatic heterocycles. The Labute approximate surface area is 180 Å². The molecule has 6 nitrogen and oxygen atoms in total. The van der Waals surface area contributed by atoms with Gasteiger partial charge in [-0.3, -0.25) is 9.59 Å². The van der Waals surface area contributed by atoms with Gasteiger partial charge in [-0.25, -0.2) is 4.98 Å². The third-order valence-electron chi connectivity index (χ3n) is 5.37. The number of rotatable bonds is 6. The van der Waals surface area contributed by atoms with Crippen molar-refractivity contribution in [2.75, 3.05) is 33.3 Å². The lowest BCUT2D eigenvalue weighted by atomic mass is 10.1. The molecule has 0 unspecified atom stereocenters. The highest BCUT2D eigenvalue weighted by molar-refractivity contribution is 7.18. The summed E-state index contributed by atoms with van der Waals surface area (Å²) in [4.78, 5) is 33.5. The largest absolute Gasteiger partial charge is 0.497 e. The number of piperazine rings is 1. The van der Waals surface area contributed by atoms with E-state index in [0.717, 1.165) is 26.5 Å². The first kappa shape index (κ1) is 20.3. The number of hydrogen-bond acceptors (Lipinski definition) is 5. The Bertz CT molecular complexity index is 1010. The molecule has 0 spiro atoms. The number of benzene rings is 2. The van der Waals surface area contributed by atoms with Gasteiger partial charge in [0.1, 0.15) is 5.75 Å². The summed E-state index contributed by atoms with van der Waals surface area (Å²) in [5.41, 5.74) is 1.93. The molecule has 2 amide bonds. The number of methoxy groups -OCH3 is 1. The Morgan fingerprint density at radius 2 is 1.73 bits per heavy atom. The van der Waals surface area contributed by atoms with Crippen LogP contribution < -0.4 is 4.74 Å². The molecule has 1 aromatic heterocycles. The van der Waals surface area contributed by atoms with Crippen LogP contribution in [-0.4, -0.2) is 59.9 Å². The number of fused-ring (bicyclic) bond motifs is 1. The third-order valence-corrected chi connectivity index (χ3v) is 6.46. The van der Waals surface area contributed by atoms with E-state index in [4.69, 9.17) is 4.74 Å². The lowest BCUT2D eigenvalue weighted by Gasteiger charge is -2.35.